The zero-order valence-electron chi connectivity index (χ0n) is 15.9. The van der Waals surface area contributed by atoms with Crippen LogP contribution in [-0.4, -0.2) is 56.2 Å². The lowest BCUT2D eigenvalue weighted by atomic mass is 10.1. The Kier molecular flexibility index (Phi) is 7.79. The van der Waals surface area contributed by atoms with Crippen LogP contribution in [0.4, 0.5) is 0 Å². The number of primary sulfonamides is 1. The maximum atomic E-state index is 12.4. The third-order valence-corrected chi connectivity index (χ3v) is 5.85. The van der Waals surface area contributed by atoms with Crippen LogP contribution in [0.15, 0.2) is 29.2 Å². The van der Waals surface area contributed by atoms with E-state index < -0.39 is 10.0 Å². The summed E-state index contributed by atoms with van der Waals surface area (Å²) >= 11 is 0. The Morgan fingerprint density at radius 1 is 1.04 bits per heavy atom. The summed E-state index contributed by atoms with van der Waals surface area (Å²) in [6.45, 7) is 4.02. The quantitative estimate of drug-likeness (QED) is 0.756. The minimum Gasteiger partial charge on any atom is -0.343 e. The van der Waals surface area contributed by atoms with Crippen molar-refractivity contribution in [2.24, 2.45) is 5.14 Å². The third kappa shape index (κ3) is 6.95. The molecule has 0 aliphatic carbocycles. The first-order valence-electron chi connectivity index (χ1n) is 9.42. The second-order valence-corrected chi connectivity index (χ2v) is 8.55. The summed E-state index contributed by atoms with van der Waals surface area (Å²) in [7, 11) is -3.70. The number of nitrogens with zero attached hydrogens (tertiary/aromatic N) is 2. The number of carbonyl (C=O) groups is 2. The summed E-state index contributed by atoms with van der Waals surface area (Å²) in [5.41, 5.74) is 0.910. The van der Waals surface area contributed by atoms with Crippen LogP contribution in [0.2, 0.25) is 0 Å². The number of carbonyl (C=O) groups excluding carboxylic acids is 2. The van der Waals surface area contributed by atoms with E-state index in [-0.39, 0.29) is 16.7 Å². The summed E-state index contributed by atoms with van der Waals surface area (Å²) < 4.78 is 22.6. The van der Waals surface area contributed by atoms with E-state index in [9.17, 15) is 18.0 Å². The van der Waals surface area contributed by atoms with Crippen LogP contribution in [0.25, 0.3) is 0 Å². The summed E-state index contributed by atoms with van der Waals surface area (Å²) in [6, 6.07) is 6.32. The molecule has 8 heteroatoms. The molecule has 1 aromatic carbocycles. The molecule has 2 amide bonds. The van der Waals surface area contributed by atoms with Gasteiger partial charge >= 0.3 is 0 Å². The Morgan fingerprint density at radius 3 is 2.15 bits per heavy atom. The second-order valence-electron chi connectivity index (χ2n) is 6.99. The van der Waals surface area contributed by atoms with Gasteiger partial charge in [0.1, 0.15) is 0 Å². The fraction of sp³-hybridized carbons (Fsp3) is 0.579. The Labute approximate surface area is 161 Å². The molecule has 0 atom stereocenters. The van der Waals surface area contributed by atoms with Crippen molar-refractivity contribution < 1.29 is 18.0 Å². The van der Waals surface area contributed by atoms with E-state index in [1.807, 2.05) is 4.90 Å². The van der Waals surface area contributed by atoms with Gasteiger partial charge in [-0.25, -0.2) is 13.6 Å². The number of likely N-dealkylation sites (tertiary alicyclic amines) is 1. The number of nitrogens with two attached hydrogens (primary N) is 1. The molecule has 0 saturated carbocycles. The third-order valence-electron chi connectivity index (χ3n) is 4.92. The van der Waals surface area contributed by atoms with Crippen molar-refractivity contribution >= 4 is 21.8 Å². The van der Waals surface area contributed by atoms with E-state index in [2.05, 4.69) is 0 Å². The predicted octanol–water partition coefficient (Wildman–Crippen LogP) is 1.52. The first-order valence-corrected chi connectivity index (χ1v) is 11.0. The van der Waals surface area contributed by atoms with E-state index in [4.69, 9.17) is 5.14 Å². The van der Waals surface area contributed by atoms with E-state index in [0.717, 1.165) is 31.5 Å². The summed E-state index contributed by atoms with van der Waals surface area (Å²) in [6.07, 6.45) is 5.38. The first-order chi connectivity index (χ1) is 12.8. The standard InChI is InChI=1S/C19H29N3O4S/c1-16(23)21(15-11-19(24)22-12-4-2-3-5-13-22)14-10-17-6-8-18(9-7-17)27(20,25)26/h6-9H,2-5,10-15H2,1H3,(H2,20,25,26). The number of hydrogen-bond acceptors (Lipinski definition) is 4. The topological polar surface area (TPSA) is 101 Å². The van der Waals surface area contributed by atoms with Gasteiger partial charge in [-0.15, -0.1) is 0 Å². The largest absolute Gasteiger partial charge is 0.343 e. The van der Waals surface area contributed by atoms with Gasteiger partial charge in [-0.2, -0.15) is 0 Å². The van der Waals surface area contributed by atoms with Gasteiger partial charge in [-0.3, -0.25) is 9.59 Å². The lowest BCUT2D eigenvalue weighted by molar-refractivity contribution is -0.133. The average Bonchev–Trinajstić information content (AvgIpc) is 2.90. The molecule has 1 saturated heterocycles. The second kappa shape index (κ2) is 9.85. The van der Waals surface area contributed by atoms with E-state index in [1.165, 1.54) is 31.9 Å². The van der Waals surface area contributed by atoms with Crippen LogP contribution in [0.3, 0.4) is 0 Å². The van der Waals surface area contributed by atoms with Crippen LogP contribution < -0.4 is 5.14 Å². The molecular formula is C19H29N3O4S. The highest BCUT2D eigenvalue weighted by atomic mass is 32.2. The molecule has 0 spiro atoms. The highest BCUT2D eigenvalue weighted by Gasteiger charge is 2.17. The number of hydrogen-bond donors (Lipinski definition) is 1. The number of rotatable bonds is 7. The number of sulfonamides is 1. The number of amides is 2. The lowest BCUT2D eigenvalue weighted by Crippen LogP contribution is -2.37. The fourth-order valence-corrected chi connectivity index (χ4v) is 3.76. The normalized spacial score (nSPS) is 15.3. The molecule has 150 valence electrons. The van der Waals surface area contributed by atoms with Crippen LogP contribution in [0, 0.1) is 0 Å². The Hall–Kier alpha value is -1.93. The molecule has 2 rings (SSSR count). The maximum absolute atomic E-state index is 12.4. The highest BCUT2D eigenvalue weighted by Crippen LogP contribution is 2.12. The van der Waals surface area contributed by atoms with Crippen LogP contribution in [0.5, 0.6) is 0 Å². The molecule has 0 radical (unpaired) electrons. The van der Waals surface area contributed by atoms with Gasteiger partial charge in [0, 0.05) is 39.5 Å². The van der Waals surface area contributed by atoms with Gasteiger partial charge < -0.3 is 9.80 Å². The monoisotopic (exact) mass is 395 g/mol. The zero-order valence-corrected chi connectivity index (χ0v) is 16.7. The highest BCUT2D eigenvalue weighted by molar-refractivity contribution is 7.89. The van der Waals surface area contributed by atoms with Gasteiger partial charge in [0.2, 0.25) is 21.8 Å². The van der Waals surface area contributed by atoms with Gasteiger partial charge in [0.15, 0.2) is 0 Å². The van der Waals surface area contributed by atoms with Gasteiger partial charge in [-0.1, -0.05) is 25.0 Å². The molecule has 1 aliphatic rings. The first kappa shape index (κ1) is 21.4. The Balaban J connectivity index is 1.86. The maximum Gasteiger partial charge on any atom is 0.238 e. The molecule has 2 N–H and O–H groups in total. The van der Waals surface area contributed by atoms with Crippen molar-refractivity contribution in [3.8, 4) is 0 Å². The van der Waals surface area contributed by atoms with Crippen molar-refractivity contribution in [2.75, 3.05) is 26.2 Å². The van der Waals surface area contributed by atoms with Crippen LogP contribution >= 0.6 is 0 Å². The van der Waals surface area contributed by atoms with Crippen molar-refractivity contribution in [1.82, 2.24) is 9.80 Å². The van der Waals surface area contributed by atoms with E-state index in [0.29, 0.717) is 25.9 Å². The molecule has 1 aliphatic heterocycles. The fourth-order valence-electron chi connectivity index (χ4n) is 3.25. The zero-order chi connectivity index (χ0) is 19.9. The molecule has 1 aromatic rings. The molecule has 7 nitrogen and oxygen atoms in total. The van der Waals surface area contributed by atoms with Crippen LogP contribution in [-0.2, 0) is 26.0 Å². The van der Waals surface area contributed by atoms with Gasteiger partial charge in [0.05, 0.1) is 4.90 Å². The van der Waals surface area contributed by atoms with E-state index >= 15 is 0 Å². The summed E-state index contributed by atoms with van der Waals surface area (Å²) in [4.78, 5) is 28.0. The van der Waals surface area contributed by atoms with Crippen molar-refractivity contribution in [1.29, 1.82) is 0 Å². The van der Waals surface area contributed by atoms with Crippen molar-refractivity contribution in [3.63, 3.8) is 0 Å². The van der Waals surface area contributed by atoms with Gasteiger partial charge in [0.25, 0.3) is 0 Å². The minimum absolute atomic E-state index is 0.0673. The molecule has 0 aromatic heterocycles. The molecular weight excluding hydrogens is 366 g/mol. The van der Waals surface area contributed by atoms with Crippen molar-refractivity contribution in [2.45, 2.75) is 50.3 Å². The van der Waals surface area contributed by atoms with E-state index in [1.54, 1.807) is 17.0 Å². The minimum atomic E-state index is -3.70. The summed E-state index contributed by atoms with van der Waals surface area (Å²) in [5.74, 6) is 0.0421. The molecule has 1 heterocycles. The molecule has 0 unspecified atom stereocenters. The Bertz CT molecular complexity index is 739. The average molecular weight is 396 g/mol. The van der Waals surface area contributed by atoms with Gasteiger partial charge in [-0.05, 0) is 37.0 Å². The van der Waals surface area contributed by atoms with Crippen LogP contribution in [0.1, 0.15) is 44.6 Å². The van der Waals surface area contributed by atoms with Crippen molar-refractivity contribution in [3.05, 3.63) is 29.8 Å². The molecule has 1 fully saturated rings. The SMILES string of the molecule is CC(=O)N(CCC(=O)N1CCCCCC1)CCc1ccc(S(N)(=O)=O)cc1. The molecule has 27 heavy (non-hydrogen) atoms. The number of benzene rings is 1. The molecule has 0 bridgehead atoms. The Morgan fingerprint density at radius 2 is 1.63 bits per heavy atom. The lowest BCUT2D eigenvalue weighted by Gasteiger charge is -2.24. The summed E-state index contributed by atoms with van der Waals surface area (Å²) in [5, 5.41) is 5.09. The predicted molar refractivity (Wildman–Crippen MR) is 103 cm³/mol. The smallest absolute Gasteiger partial charge is 0.238 e.